The number of carbonyl (C=O) groups excluding carboxylic acids is 1. The summed E-state index contributed by atoms with van der Waals surface area (Å²) >= 11 is 0. The second kappa shape index (κ2) is 9.44. The number of fused-ring (bicyclic) bond motifs is 2. The topological polar surface area (TPSA) is 69.2 Å². The molecule has 4 aromatic rings. The third kappa shape index (κ3) is 4.96. The second-order valence-electron chi connectivity index (χ2n) is 7.64. The smallest absolute Gasteiger partial charge is 0.284 e. The maximum Gasteiger partial charge on any atom is 0.284 e. The number of hydrogen-bond acceptors (Lipinski definition) is 5. The van der Waals surface area contributed by atoms with Crippen molar-refractivity contribution in [2.24, 2.45) is 5.10 Å². The van der Waals surface area contributed by atoms with Crippen LogP contribution < -0.4 is 19.6 Å². The molecule has 1 atom stereocenters. The molecule has 0 aromatic heterocycles. The first-order valence-electron chi connectivity index (χ1n) is 10.7. The van der Waals surface area contributed by atoms with Crippen molar-refractivity contribution in [3.63, 3.8) is 0 Å². The van der Waals surface area contributed by atoms with Gasteiger partial charge in [0.2, 0.25) is 6.10 Å². The molecule has 0 spiro atoms. The molecule has 164 valence electrons. The van der Waals surface area contributed by atoms with Crippen molar-refractivity contribution in [1.29, 1.82) is 0 Å². The van der Waals surface area contributed by atoms with Gasteiger partial charge in [0.25, 0.3) is 5.91 Å². The van der Waals surface area contributed by atoms with Gasteiger partial charge in [-0.3, -0.25) is 4.79 Å². The van der Waals surface area contributed by atoms with Gasteiger partial charge in [0.1, 0.15) is 19.0 Å². The van der Waals surface area contributed by atoms with Crippen LogP contribution in [0.1, 0.15) is 11.1 Å². The van der Waals surface area contributed by atoms with Crippen molar-refractivity contribution in [2.75, 3.05) is 6.61 Å². The Morgan fingerprint density at radius 3 is 2.39 bits per heavy atom. The zero-order chi connectivity index (χ0) is 22.5. The number of rotatable bonds is 6. The number of hydrazone groups is 1. The third-order valence-corrected chi connectivity index (χ3v) is 5.28. The summed E-state index contributed by atoms with van der Waals surface area (Å²) < 4.78 is 17.4. The normalized spacial score (nSPS) is 14.8. The van der Waals surface area contributed by atoms with Crippen LogP contribution in [0.2, 0.25) is 0 Å². The SMILES string of the molecule is O=C(N/N=C\c1ccc(OCc2ccccc2)cc1)C1COc2cc3ccccc3cc2O1. The summed E-state index contributed by atoms with van der Waals surface area (Å²) in [5.74, 6) is 1.58. The maximum absolute atomic E-state index is 12.5. The van der Waals surface area contributed by atoms with Gasteiger partial charge in [-0.15, -0.1) is 0 Å². The fourth-order valence-electron chi connectivity index (χ4n) is 3.52. The molecule has 6 heteroatoms. The molecule has 1 amide bonds. The first-order valence-corrected chi connectivity index (χ1v) is 10.7. The minimum absolute atomic E-state index is 0.125. The molecule has 1 aliphatic rings. The van der Waals surface area contributed by atoms with Gasteiger partial charge in [-0.05, 0) is 58.3 Å². The quantitative estimate of drug-likeness (QED) is 0.350. The van der Waals surface area contributed by atoms with Gasteiger partial charge >= 0.3 is 0 Å². The summed E-state index contributed by atoms with van der Waals surface area (Å²) in [5, 5.41) is 6.13. The number of amides is 1. The first-order chi connectivity index (χ1) is 16.2. The third-order valence-electron chi connectivity index (χ3n) is 5.28. The van der Waals surface area contributed by atoms with Crippen molar-refractivity contribution in [3.8, 4) is 17.2 Å². The molecule has 0 aliphatic carbocycles. The summed E-state index contributed by atoms with van der Waals surface area (Å²) in [6.07, 6.45) is 0.800. The van der Waals surface area contributed by atoms with Crippen molar-refractivity contribution >= 4 is 22.9 Å². The number of ether oxygens (including phenoxy) is 3. The Morgan fingerprint density at radius 2 is 1.64 bits per heavy atom. The van der Waals surface area contributed by atoms with Gasteiger partial charge in [0.15, 0.2) is 11.5 Å². The standard InChI is InChI=1S/C27H22N2O4/c30-27(26-18-32-24-14-21-8-4-5-9-22(21)15-25(24)33-26)29-28-16-19-10-12-23(13-11-19)31-17-20-6-2-1-3-7-20/h1-16,26H,17-18H2,(H,29,30)/b28-16-. The number of hydrogen-bond donors (Lipinski definition) is 1. The zero-order valence-electron chi connectivity index (χ0n) is 17.8. The average molecular weight is 438 g/mol. The minimum Gasteiger partial charge on any atom is -0.489 e. The molecule has 1 aliphatic heterocycles. The molecule has 0 saturated carbocycles. The maximum atomic E-state index is 12.5. The van der Waals surface area contributed by atoms with Gasteiger partial charge in [-0.2, -0.15) is 5.10 Å². The van der Waals surface area contributed by atoms with Crippen molar-refractivity contribution in [3.05, 3.63) is 102 Å². The highest BCUT2D eigenvalue weighted by Crippen LogP contribution is 2.35. The minimum atomic E-state index is -0.774. The molecule has 1 heterocycles. The highest BCUT2D eigenvalue weighted by molar-refractivity contribution is 5.88. The van der Waals surface area contributed by atoms with Gasteiger partial charge in [0.05, 0.1) is 6.21 Å². The van der Waals surface area contributed by atoms with E-state index in [2.05, 4.69) is 10.5 Å². The highest BCUT2D eigenvalue weighted by Gasteiger charge is 2.27. The second-order valence-corrected chi connectivity index (χ2v) is 7.64. The summed E-state index contributed by atoms with van der Waals surface area (Å²) in [6.45, 7) is 0.632. The Kier molecular flexibility index (Phi) is 5.89. The molecule has 6 nitrogen and oxygen atoms in total. The lowest BCUT2D eigenvalue weighted by atomic mass is 10.1. The lowest BCUT2D eigenvalue weighted by molar-refractivity contribution is -0.130. The van der Waals surface area contributed by atoms with E-state index in [9.17, 15) is 4.79 Å². The molecule has 0 radical (unpaired) electrons. The number of carbonyl (C=O) groups is 1. The van der Waals surface area contributed by atoms with Crippen LogP contribution >= 0.6 is 0 Å². The summed E-state index contributed by atoms with van der Waals surface area (Å²) in [5.41, 5.74) is 4.46. The molecule has 0 bridgehead atoms. The Bertz CT molecular complexity index is 1290. The van der Waals surface area contributed by atoms with E-state index in [4.69, 9.17) is 14.2 Å². The van der Waals surface area contributed by atoms with Crippen molar-refractivity contribution in [2.45, 2.75) is 12.7 Å². The van der Waals surface area contributed by atoms with E-state index in [1.165, 1.54) is 0 Å². The van der Waals surface area contributed by atoms with Gasteiger partial charge in [0, 0.05) is 0 Å². The van der Waals surface area contributed by atoms with Crippen LogP contribution in [0.25, 0.3) is 10.8 Å². The Balaban J connectivity index is 1.15. The molecule has 33 heavy (non-hydrogen) atoms. The molecular weight excluding hydrogens is 416 g/mol. The predicted molar refractivity (Wildman–Crippen MR) is 127 cm³/mol. The monoisotopic (exact) mass is 438 g/mol. The summed E-state index contributed by atoms with van der Waals surface area (Å²) in [7, 11) is 0. The Hall–Kier alpha value is -4.32. The highest BCUT2D eigenvalue weighted by atomic mass is 16.6. The predicted octanol–water partition coefficient (Wildman–Crippen LogP) is 4.71. The summed E-state index contributed by atoms with van der Waals surface area (Å²) in [6, 6.07) is 29.2. The first kappa shape index (κ1) is 20.6. The van der Waals surface area contributed by atoms with Crippen LogP contribution in [0.3, 0.4) is 0 Å². The van der Waals surface area contributed by atoms with Gasteiger partial charge in [-0.25, -0.2) is 5.43 Å². The van der Waals surface area contributed by atoms with Gasteiger partial charge < -0.3 is 14.2 Å². The van der Waals surface area contributed by atoms with Crippen LogP contribution in [0.5, 0.6) is 17.2 Å². The zero-order valence-corrected chi connectivity index (χ0v) is 17.8. The fraction of sp³-hybridized carbons (Fsp3) is 0.111. The summed E-state index contributed by atoms with van der Waals surface area (Å²) in [4.78, 5) is 12.5. The fourth-order valence-corrected chi connectivity index (χ4v) is 3.52. The van der Waals surface area contributed by atoms with Crippen LogP contribution in [0, 0.1) is 0 Å². The van der Waals surface area contributed by atoms with Crippen LogP contribution in [-0.2, 0) is 11.4 Å². The largest absolute Gasteiger partial charge is 0.489 e. The molecular formula is C27H22N2O4. The molecule has 0 fully saturated rings. The Labute approximate surface area is 191 Å². The van der Waals surface area contributed by atoms with Crippen LogP contribution in [-0.4, -0.2) is 24.8 Å². The van der Waals surface area contributed by atoms with E-state index in [1.807, 2.05) is 91.0 Å². The van der Waals surface area contributed by atoms with E-state index in [0.29, 0.717) is 18.1 Å². The molecule has 1 unspecified atom stereocenters. The molecule has 0 saturated heterocycles. The van der Waals surface area contributed by atoms with E-state index >= 15 is 0 Å². The van der Waals surface area contributed by atoms with E-state index in [0.717, 1.165) is 27.6 Å². The van der Waals surface area contributed by atoms with Crippen LogP contribution in [0.15, 0.2) is 96.1 Å². The van der Waals surface area contributed by atoms with Gasteiger partial charge in [-0.1, -0.05) is 54.6 Å². The number of nitrogens with zero attached hydrogens (tertiary/aromatic N) is 1. The molecule has 5 rings (SSSR count). The average Bonchev–Trinajstić information content (AvgIpc) is 2.87. The molecule has 4 aromatic carbocycles. The number of nitrogens with one attached hydrogen (secondary N) is 1. The van der Waals surface area contributed by atoms with E-state index in [1.54, 1.807) is 6.21 Å². The lowest BCUT2D eigenvalue weighted by Crippen LogP contribution is -2.42. The Morgan fingerprint density at radius 1 is 0.939 bits per heavy atom. The van der Waals surface area contributed by atoms with Crippen molar-refractivity contribution in [1.82, 2.24) is 5.43 Å². The van der Waals surface area contributed by atoms with Crippen LogP contribution in [0.4, 0.5) is 0 Å². The van der Waals surface area contributed by atoms with Crippen molar-refractivity contribution < 1.29 is 19.0 Å². The van der Waals surface area contributed by atoms with E-state index < -0.39 is 6.10 Å². The molecule has 1 N–H and O–H groups in total. The number of benzene rings is 4. The van der Waals surface area contributed by atoms with E-state index in [-0.39, 0.29) is 12.5 Å². The lowest BCUT2D eigenvalue weighted by Gasteiger charge is -2.25.